The van der Waals surface area contributed by atoms with E-state index in [-0.39, 0.29) is 0 Å². The van der Waals surface area contributed by atoms with Crippen molar-refractivity contribution in [2.75, 3.05) is 0 Å². The van der Waals surface area contributed by atoms with Crippen molar-refractivity contribution in [2.45, 2.75) is 6.54 Å². The summed E-state index contributed by atoms with van der Waals surface area (Å²) in [6, 6.07) is 3.98. The molecule has 0 fully saturated rings. The van der Waals surface area contributed by atoms with E-state index >= 15 is 0 Å². The molecular formula is C12H11N5. The first-order valence-electron chi connectivity index (χ1n) is 5.33. The molecule has 3 aromatic heterocycles. The Morgan fingerprint density at radius 1 is 1.06 bits per heavy atom. The van der Waals surface area contributed by atoms with Gasteiger partial charge in [-0.3, -0.25) is 4.98 Å². The van der Waals surface area contributed by atoms with Gasteiger partial charge in [-0.2, -0.15) is 0 Å². The van der Waals surface area contributed by atoms with Crippen LogP contribution in [0.25, 0.3) is 11.6 Å². The smallest absolute Gasteiger partial charge is 0.176 e. The Balaban J connectivity index is 1.92. The Morgan fingerprint density at radius 3 is 2.71 bits per heavy atom. The third kappa shape index (κ3) is 1.94. The fourth-order valence-corrected chi connectivity index (χ4v) is 1.73. The van der Waals surface area contributed by atoms with Crippen LogP contribution in [0.2, 0.25) is 0 Å². The summed E-state index contributed by atoms with van der Waals surface area (Å²) in [6.45, 7) is 0.762. The van der Waals surface area contributed by atoms with Crippen LogP contribution in [0, 0.1) is 0 Å². The summed E-state index contributed by atoms with van der Waals surface area (Å²) in [6.07, 6.45) is 10.8. The number of aromatic amines is 1. The van der Waals surface area contributed by atoms with Crippen molar-refractivity contribution in [3.05, 3.63) is 54.9 Å². The molecule has 0 aliphatic heterocycles. The van der Waals surface area contributed by atoms with Crippen LogP contribution >= 0.6 is 0 Å². The van der Waals surface area contributed by atoms with Gasteiger partial charge in [0.1, 0.15) is 0 Å². The molecule has 0 saturated carbocycles. The topological polar surface area (TPSA) is 59.4 Å². The lowest BCUT2D eigenvalue weighted by Crippen LogP contribution is -2.01. The molecule has 0 aliphatic rings. The van der Waals surface area contributed by atoms with Gasteiger partial charge in [0.05, 0.1) is 0 Å². The van der Waals surface area contributed by atoms with Gasteiger partial charge in [-0.15, -0.1) is 0 Å². The number of hydrogen-bond donors (Lipinski definition) is 1. The highest BCUT2D eigenvalue weighted by Gasteiger charge is 2.07. The summed E-state index contributed by atoms with van der Waals surface area (Å²) < 4.78 is 2.05. The van der Waals surface area contributed by atoms with Crippen LogP contribution in [0.5, 0.6) is 0 Å². The highest BCUT2D eigenvalue weighted by atomic mass is 15.1. The number of H-pyrrole nitrogens is 1. The van der Waals surface area contributed by atoms with E-state index in [4.69, 9.17) is 0 Å². The van der Waals surface area contributed by atoms with E-state index in [1.54, 1.807) is 31.0 Å². The molecule has 3 heterocycles. The molecule has 0 saturated heterocycles. The number of pyridine rings is 1. The molecule has 0 unspecified atom stereocenters. The zero-order chi connectivity index (χ0) is 11.5. The molecule has 0 amide bonds. The summed E-state index contributed by atoms with van der Waals surface area (Å²) in [5.41, 5.74) is 1.19. The van der Waals surface area contributed by atoms with Crippen molar-refractivity contribution in [2.24, 2.45) is 0 Å². The van der Waals surface area contributed by atoms with E-state index in [0.717, 1.165) is 18.2 Å². The van der Waals surface area contributed by atoms with Gasteiger partial charge in [0.2, 0.25) is 0 Å². The van der Waals surface area contributed by atoms with E-state index in [1.165, 1.54) is 5.56 Å². The Bertz CT molecular complexity index is 582. The van der Waals surface area contributed by atoms with Crippen LogP contribution in [0.15, 0.2) is 49.3 Å². The molecule has 5 nitrogen and oxygen atoms in total. The van der Waals surface area contributed by atoms with E-state index in [2.05, 4.69) is 19.9 Å². The summed E-state index contributed by atoms with van der Waals surface area (Å²) in [7, 11) is 0. The van der Waals surface area contributed by atoms with Crippen molar-refractivity contribution in [3.63, 3.8) is 0 Å². The molecular weight excluding hydrogens is 214 g/mol. The molecule has 5 heteroatoms. The first-order valence-corrected chi connectivity index (χ1v) is 5.33. The number of hydrogen-bond acceptors (Lipinski definition) is 3. The molecule has 0 aromatic carbocycles. The van der Waals surface area contributed by atoms with Crippen LogP contribution in [0.4, 0.5) is 0 Å². The minimum absolute atomic E-state index is 0.762. The average Bonchev–Trinajstić information content (AvgIpc) is 3.00. The maximum Gasteiger partial charge on any atom is 0.176 e. The molecule has 0 radical (unpaired) electrons. The first kappa shape index (κ1) is 9.77. The van der Waals surface area contributed by atoms with Crippen molar-refractivity contribution >= 4 is 0 Å². The number of nitrogens with zero attached hydrogens (tertiary/aromatic N) is 4. The highest BCUT2D eigenvalue weighted by Crippen LogP contribution is 2.13. The largest absolute Gasteiger partial charge is 0.342 e. The minimum Gasteiger partial charge on any atom is -0.342 e. The molecule has 84 valence electrons. The Labute approximate surface area is 98.2 Å². The molecule has 0 bridgehead atoms. The third-order valence-corrected chi connectivity index (χ3v) is 2.53. The summed E-state index contributed by atoms with van der Waals surface area (Å²) in [5.74, 6) is 1.62. The van der Waals surface area contributed by atoms with Gasteiger partial charge >= 0.3 is 0 Å². The molecule has 0 atom stereocenters. The van der Waals surface area contributed by atoms with Crippen LogP contribution in [-0.4, -0.2) is 24.5 Å². The summed E-state index contributed by atoms with van der Waals surface area (Å²) in [4.78, 5) is 15.6. The normalized spacial score (nSPS) is 10.6. The van der Waals surface area contributed by atoms with E-state index in [1.807, 2.05) is 22.9 Å². The number of rotatable bonds is 3. The summed E-state index contributed by atoms with van der Waals surface area (Å²) >= 11 is 0. The second kappa shape index (κ2) is 4.21. The van der Waals surface area contributed by atoms with E-state index in [9.17, 15) is 0 Å². The van der Waals surface area contributed by atoms with Crippen molar-refractivity contribution in [3.8, 4) is 11.6 Å². The SMILES string of the molecule is c1cc(Cn2ccnc2-c2ncc[nH]2)ccn1. The molecule has 0 spiro atoms. The Morgan fingerprint density at radius 2 is 1.94 bits per heavy atom. The zero-order valence-electron chi connectivity index (χ0n) is 9.11. The van der Waals surface area contributed by atoms with Crippen molar-refractivity contribution in [1.29, 1.82) is 0 Å². The zero-order valence-corrected chi connectivity index (χ0v) is 9.11. The van der Waals surface area contributed by atoms with Gasteiger partial charge < -0.3 is 9.55 Å². The Kier molecular flexibility index (Phi) is 2.42. The van der Waals surface area contributed by atoms with Crippen molar-refractivity contribution < 1.29 is 0 Å². The fourth-order valence-electron chi connectivity index (χ4n) is 1.73. The first-order chi connectivity index (χ1) is 8.43. The average molecular weight is 225 g/mol. The van der Waals surface area contributed by atoms with Gasteiger partial charge in [-0.05, 0) is 17.7 Å². The maximum absolute atomic E-state index is 4.31. The standard InChI is InChI=1S/C12H11N5/c1-3-13-4-2-10(1)9-17-8-7-16-12(17)11-14-5-6-15-11/h1-8H,9H2,(H,14,15). The predicted octanol–water partition coefficient (Wildman–Crippen LogP) is 1.72. The van der Waals surface area contributed by atoms with Gasteiger partial charge in [0.15, 0.2) is 11.6 Å². The minimum atomic E-state index is 0.762. The number of aromatic nitrogens is 5. The number of imidazole rings is 2. The quantitative estimate of drug-likeness (QED) is 0.738. The Hall–Kier alpha value is -2.43. The third-order valence-electron chi connectivity index (χ3n) is 2.53. The fraction of sp³-hybridized carbons (Fsp3) is 0.0833. The van der Waals surface area contributed by atoms with Gasteiger partial charge in [0.25, 0.3) is 0 Å². The lowest BCUT2D eigenvalue weighted by atomic mass is 10.2. The van der Waals surface area contributed by atoms with Crippen LogP contribution in [0.1, 0.15) is 5.56 Å². The van der Waals surface area contributed by atoms with Crippen LogP contribution in [-0.2, 0) is 6.54 Å². The maximum atomic E-state index is 4.31. The van der Waals surface area contributed by atoms with Crippen LogP contribution < -0.4 is 0 Å². The van der Waals surface area contributed by atoms with Gasteiger partial charge in [-0.1, -0.05) is 0 Å². The lowest BCUT2D eigenvalue weighted by Gasteiger charge is -2.05. The molecule has 3 rings (SSSR count). The highest BCUT2D eigenvalue weighted by molar-refractivity contribution is 5.43. The van der Waals surface area contributed by atoms with Crippen molar-refractivity contribution in [1.82, 2.24) is 24.5 Å². The predicted molar refractivity (Wildman–Crippen MR) is 63.1 cm³/mol. The molecule has 3 aromatic rings. The molecule has 0 aliphatic carbocycles. The molecule has 1 N–H and O–H groups in total. The van der Waals surface area contributed by atoms with E-state index in [0.29, 0.717) is 0 Å². The second-order valence-electron chi connectivity index (χ2n) is 3.67. The van der Waals surface area contributed by atoms with Gasteiger partial charge in [-0.25, -0.2) is 9.97 Å². The number of nitrogens with one attached hydrogen (secondary N) is 1. The van der Waals surface area contributed by atoms with E-state index < -0.39 is 0 Å². The lowest BCUT2D eigenvalue weighted by molar-refractivity contribution is 0.799. The van der Waals surface area contributed by atoms with Crippen LogP contribution in [0.3, 0.4) is 0 Å². The molecule has 17 heavy (non-hydrogen) atoms. The summed E-state index contributed by atoms with van der Waals surface area (Å²) in [5, 5.41) is 0. The second-order valence-corrected chi connectivity index (χ2v) is 3.67. The van der Waals surface area contributed by atoms with Gasteiger partial charge in [0, 0.05) is 43.7 Å². The monoisotopic (exact) mass is 225 g/mol.